The molecule has 4 rings (SSSR count). The number of carbonyl (C=O) groups is 2. The van der Waals surface area contributed by atoms with Gasteiger partial charge in [0.2, 0.25) is 0 Å². The Kier molecular flexibility index (Phi) is 7.06. The second kappa shape index (κ2) is 9.27. The zero-order chi connectivity index (χ0) is 18.5. The number of hydrogen-bond donors (Lipinski definition) is 2. The van der Waals surface area contributed by atoms with Crippen LogP contribution < -0.4 is 0 Å². The minimum Gasteiger partial charge on any atom is -0.478 e. The predicted molar refractivity (Wildman–Crippen MR) is 102 cm³/mol. The molecule has 0 aliphatic rings. The van der Waals surface area contributed by atoms with Gasteiger partial charge in [-0.3, -0.25) is 0 Å². The van der Waals surface area contributed by atoms with E-state index >= 15 is 0 Å². The van der Waals surface area contributed by atoms with Crippen LogP contribution in [0.15, 0.2) is 84.9 Å². The smallest absolute Gasteiger partial charge is 0.336 e. The minimum atomic E-state index is -0.878. The van der Waals surface area contributed by atoms with E-state index < -0.39 is 11.9 Å². The fourth-order valence-electron chi connectivity index (χ4n) is 2.82. The summed E-state index contributed by atoms with van der Waals surface area (Å²) in [5.74, 6) is -1.76. The Morgan fingerprint density at radius 1 is 0.519 bits per heavy atom. The van der Waals surface area contributed by atoms with Crippen LogP contribution in [0.1, 0.15) is 20.7 Å². The summed E-state index contributed by atoms with van der Waals surface area (Å²) in [5.41, 5.74) is 0.719. The number of fused-ring (bicyclic) bond motifs is 2. The van der Waals surface area contributed by atoms with Gasteiger partial charge in [0.15, 0.2) is 0 Å². The first-order valence-electron chi connectivity index (χ1n) is 8.00. The van der Waals surface area contributed by atoms with Crippen molar-refractivity contribution >= 4 is 33.5 Å². The van der Waals surface area contributed by atoms with Gasteiger partial charge >= 0.3 is 11.9 Å². The van der Waals surface area contributed by atoms with Crippen molar-refractivity contribution in [1.82, 2.24) is 0 Å². The van der Waals surface area contributed by atoms with E-state index in [0.29, 0.717) is 11.1 Å². The topological polar surface area (TPSA) is 74.6 Å². The molecule has 4 aromatic rings. The molecule has 0 amide bonds. The largest absolute Gasteiger partial charge is 0.478 e. The molecule has 0 atom stereocenters. The summed E-state index contributed by atoms with van der Waals surface area (Å²) in [6.45, 7) is 0. The third-order valence-corrected chi connectivity index (χ3v) is 4.04. The second-order valence-electron chi connectivity index (χ2n) is 5.66. The van der Waals surface area contributed by atoms with E-state index in [2.05, 4.69) is 0 Å². The Bertz CT molecular complexity index is 1010. The van der Waals surface area contributed by atoms with Crippen molar-refractivity contribution in [3.63, 3.8) is 0 Å². The molecule has 5 heteroatoms. The molecule has 0 spiro atoms. The predicted octanol–water partition coefficient (Wildman–Crippen LogP) is 5.07. The van der Waals surface area contributed by atoms with Crippen LogP contribution in [0, 0.1) is 0 Å². The van der Waals surface area contributed by atoms with Gasteiger partial charge in [-0.2, -0.15) is 0 Å². The minimum absolute atomic E-state index is 0. The summed E-state index contributed by atoms with van der Waals surface area (Å²) in [5, 5.41) is 21.3. The summed E-state index contributed by atoms with van der Waals surface area (Å²) in [7, 11) is 0. The Morgan fingerprint density at radius 2 is 0.852 bits per heavy atom. The average Bonchev–Trinajstić information content (AvgIpc) is 2.67. The number of hydrogen-bond acceptors (Lipinski definition) is 2. The van der Waals surface area contributed by atoms with Gasteiger partial charge in [0.1, 0.15) is 0 Å². The molecule has 2 N–H and O–H groups in total. The van der Waals surface area contributed by atoms with Gasteiger partial charge in [-0.05, 0) is 33.7 Å². The third-order valence-electron chi connectivity index (χ3n) is 4.04. The van der Waals surface area contributed by atoms with E-state index in [4.69, 9.17) is 10.2 Å². The maximum atomic E-state index is 10.8. The summed E-state index contributed by atoms with van der Waals surface area (Å²) in [4.78, 5) is 21.6. The molecule has 0 radical (unpaired) electrons. The van der Waals surface area contributed by atoms with Gasteiger partial charge in [-0.15, -0.1) is 0 Å². The van der Waals surface area contributed by atoms with Gasteiger partial charge in [-0.25, -0.2) is 9.59 Å². The molecule has 27 heavy (non-hydrogen) atoms. The molecule has 4 nitrogen and oxygen atoms in total. The van der Waals surface area contributed by atoms with E-state index in [9.17, 15) is 9.59 Å². The van der Waals surface area contributed by atoms with E-state index in [1.807, 2.05) is 60.7 Å². The normalized spacial score (nSPS) is 9.78. The maximum Gasteiger partial charge on any atom is 0.336 e. The first-order chi connectivity index (χ1) is 12.6. The van der Waals surface area contributed by atoms with Crippen LogP contribution in [0.2, 0.25) is 0 Å². The molecule has 0 aliphatic heterocycles. The Hall–Kier alpha value is -2.74. The van der Waals surface area contributed by atoms with Crippen molar-refractivity contribution in [2.24, 2.45) is 0 Å². The fourth-order valence-corrected chi connectivity index (χ4v) is 2.82. The van der Waals surface area contributed by atoms with Crippen molar-refractivity contribution in [3.05, 3.63) is 96.1 Å². The van der Waals surface area contributed by atoms with E-state index in [0.717, 1.165) is 21.5 Å². The van der Waals surface area contributed by atoms with Crippen LogP contribution in [-0.4, -0.2) is 22.2 Å². The first-order valence-corrected chi connectivity index (χ1v) is 8.00. The summed E-state index contributed by atoms with van der Waals surface area (Å²) in [6, 6.07) is 25.5. The quantitative estimate of drug-likeness (QED) is 0.413. The number of aromatic carboxylic acids is 2. The van der Waals surface area contributed by atoms with E-state index in [-0.39, 0.29) is 27.3 Å². The fraction of sp³-hybridized carbons (Fsp3) is 0. The molecule has 0 bridgehead atoms. The Morgan fingerprint density at radius 3 is 1.22 bits per heavy atom. The van der Waals surface area contributed by atoms with Gasteiger partial charge in [0, 0.05) is 27.3 Å². The van der Waals surface area contributed by atoms with E-state index in [1.165, 1.54) is 0 Å². The number of rotatable bonds is 2. The summed E-state index contributed by atoms with van der Waals surface area (Å²) in [6.07, 6.45) is 0. The van der Waals surface area contributed by atoms with Crippen LogP contribution in [-0.2, 0) is 27.3 Å². The molecule has 0 aliphatic carbocycles. The summed E-state index contributed by atoms with van der Waals surface area (Å²) >= 11 is 0. The number of carboxylic acid groups (broad SMARTS) is 2. The maximum absolute atomic E-state index is 10.8. The number of benzene rings is 4. The molecule has 0 saturated carbocycles. The molecule has 0 fully saturated rings. The zero-order valence-electron chi connectivity index (χ0n) is 14.5. The molecule has 0 saturated heterocycles. The first kappa shape index (κ1) is 20.6. The van der Waals surface area contributed by atoms with Gasteiger partial charge in [0.25, 0.3) is 0 Å². The molecule has 0 aromatic heterocycles. The van der Waals surface area contributed by atoms with Crippen LogP contribution in [0.25, 0.3) is 21.5 Å². The molecule has 4 aromatic carbocycles. The molecule has 130 valence electrons. The van der Waals surface area contributed by atoms with Crippen molar-refractivity contribution in [2.75, 3.05) is 0 Å². The Labute approximate surface area is 176 Å². The molecular formula is C22H16CdO4. The van der Waals surface area contributed by atoms with Crippen molar-refractivity contribution in [2.45, 2.75) is 0 Å². The molecule has 0 unspecified atom stereocenters. The van der Waals surface area contributed by atoms with Gasteiger partial charge in [0.05, 0.1) is 11.1 Å². The third kappa shape index (κ3) is 4.71. The monoisotopic (exact) mass is 458 g/mol. The van der Waals surface area contributed by atoms with Crippen LogP contribution in [0.4, 0.5) is 0 Å². The zero-order valence-corrected chi connectivity index (χ0v) is 18.5. The van der Waals surface area contributed by atoms with Crippen molar-refractivity contribution < 1.29 is 47.1 Å². The van der Waals surface area contributed by atoms with Crippen LogP contribution in [0.3, 0.4) is 0 Å². The standard InChI is InChI=1S/2C11H8O2.Cd/c2*12-11(13)10-7-3-5-8-4-1-2-6-9(8)10;/h2*1-7H,(H,12,13);. The molecule has 0 heterocycles. The van der Waals surface area contributed by atoms with Crippen molar-refractivity contribution in [1.29, 1.82) is 0 Å². The Balaban J connectivity index is 0.000000187. The van der Waals surface area contributed by atoms with Crippen LogP contribution >= 0.6 is 0 Å². The van der Waals surface area contributed by atoms with Gasteiger partial charge < -0.3 is 10.2 Å². The summed E-state index contributed by atoms with van der Waals surface area (Å²) < 4.78 is 0. The van der Waals surface area contributed by atoms with Crippen molar-refractivity contribution in [3.8, 4) is 0 Å². The number of carboxylic acids is 2. The molecular weight excluding hydrogens is 441 g/mol. The SMILES string of the molecule is O=C(O)c1cccc2ccccc12.O=C(O)c1cccc2ccccc12.[Cd]. The van der Waals surface area contributed by atoms with E-state index in [1.54, 1.807) is 24.3 Å². The van der Waals surface area contributed by atoms with Gasteiger partial charge in [-0.1, -0.05) is 72.8 Å². The second-order valence-corrected chi connectivity index (χ2v) is 5.66. The van der Waals surface area contributed by atoms with Crippen LogP contribution in [0.5, 0.6) is 0 Å². The average molecular weight is 457 g/mol.